The zero-order valence-electron chi connectivity index (χ0n) is 11.7. The van der Waals surface area contributed by atoms with E-state index in [9.17, 15) is 9.59 Å². The zero-order chi connectivity index (χ0) is 14.8. The SMILES string of the molecule is CCOC(=O)/C=C/C=C/c1ccc(C(=O)OCC)cc1. The normalized spacial score (nSPS) is 10.9. The first-order valence-electron chi connectivity index (χ1n) is 6.46. The highest BCUT2D eigenvalue weighted by atomic mass is 16.5. The lowest BCUT2D eigenvalue weighted by atomic mass is 10.1. The largest absolute Gasteiger partial charge is 0.463 e. The Morgan fingerprint density at radius 1 is 1.00 bits per heavy atom. The van der Waals surface area contributed by atoms with Crippen molar-refractivity contribution in [3.8, 4) is 0 Å². The molecule has 0 saturated carbocycles. The highest BCUT2D eigenvalue weighted by Gasteiger charge is 2.04. The third-order valence-corrected chi connectivity index (χ3v) is 2.34. The van der Waals surface area contributed by atoms with Crippen LogP contribution in [0.3, 0.4) is 0 Å². The molecule has 0 atom stereocenters. The van der Waals surface area contributed by atoms with Crippen LogP contribution in [0.1, 0.15) is 29.8 Å². The van der Waals surface area contributed by atoms with Gasteiger partial charge in [0.1, 0.15) is 0 Å². The number of allylic oxidation sites excluding steroid dienone is 2. The van der Waals surface area contributed by atoms with Crippen LogP contribution in [0.25, 0.3) is 6.08 Å². The van der Waals surface area contributed by atoms with Gasteiger partial charge in [0, 0.05) is 6.08 Å². The summed E-state index contributed by atoms with van der Waals surface area (Å²) in [5, 5.41) is 0. The molecule has 0 N–H and O–H groups in total. The van der Waals surface area contributed by atoms with Crippen molar-refractivity contribution in [2.45, 2.75) is 13.8 Å². The highest BCUT2D eigenvalue weighted by Crippen LogP contribution is 2.07. The molecule has 0 saturated heterocycles. The van der Waals surface area contributed by atoms with Crippen LogP contribution in [-0.2, 0) is 14.3 Å². The summed E-state index contributed by atoms with van der Waals surface area (Å²) in [4.78, 5) is 22.5. The Kier molecular flexibility index (Phi) is 6.82. The number of carbonyl (C=O) groups is 2. The summed E-state index contributed by atoms with van der Waals surface area (Å²) in [6.07, 6.45) is 6.52. The van der Waals surface area contributed by atoms with Gasteiger partial charge in [-0.05, 0) is 31.5 Å². The molecule has 0 unspecified atom stereocenters. The number of benzene rings is 1. The molecule has 4 nitrogen and oxygen atoms in total. The van der Waals surface area contributed by atoms with Crippen LogP contribution in [0.4, 0.5) is 0 Å². The van der Waals surface area contributed by atoms with E-state index in [0.717, 1.165) is 5.56 Å². The van der Waals surface area contributed by atoms with Crippen molar-refractivity contribution in [1.29, 1.82) is 0 Å². The first-order chi connectivity index (χ1) is 9.67. The average molecular weight is 274 g/mol. The molecule has 0 amide bonds. The molecule has 20 heavy (non-hydrogen) atoms. The monoisotopic (exact) mass is 274 g/mol. The van der Waals surface area contributed by atoms with Gasteiger partial charge in [0.25, 0.3) is 0 Å². The van der Waals surface area contributed by atoms with Crippen LogP contribution >= 0.6 is 0 Å². The molecule has 4 heteroatoms. The van der Waals surface area contributed by atoms with Gasteiger partial charge in [-0.15, -0.1) is 0 Å². The summed E-state index contributed by atoms with van der Waals surface area (Å²) >= 11 is 0. The van der Waals surface area contributed by atoms with Gasteiger partial charge in [0.15, 0.2) is 0 Å². The van der Waals surface area contributed by atoms with Crippen LogP contribution in [0.5, 0.6) is 0 Å². The van der Waals surface area contributed by atoms with E-state index >= 15 is 0 Å². The van der Waals surface area contributed by atoms with Gasteiger partial charge in [0.05, 0.1) is 18.8 Å². The van der Waals surface area contributed by atoms with Crippen LogP contribution in [0.15, 0.2) is 42.5 Å². The minimum absolute atomic E-state index is 0.328. The third-order valence-electron chi connectivity index (χ3n) is 2.34. The maximum atomic E-state index is 11.5. The van der Waals surface area contributed by atoms with Gasteiger partial charge >= 0.3 is 11.9 Å². The van der Waals surface area contributed by atoms with Crippen LogP contribution in [0, 0.1) is 0 Å². The Bertz CT molecular complexity index is 498. The minimum Gasteiger partial charge on any atom is -0.463 e. The topological polar surface area (TPSA) is 52.6 Å². The Labute approximate surface area is 118 Å². The van der Waals surface area contributed by atoms with Gasteiger partial charge in [-0.1, -0.05) is 30.4 Å². The summed E-state index contributed by atoms with van der Waals surface area (Å²) < 4.78 is 9.64. The van der Waals surface area contributed by atoms with Crippen molar-refractivity contribution in [3.05, 3.63) is 53.6 Å². The summed E-state index contributed by atoms with van der Waals surface area (Å²) in [7, 11) is 0. The number of hydrogen-bond donors (Lipinski definition) is 0. The van der Waals surface area contributed by atoms with Gasteiger partial charge in [-0.3, -0.25) is 0 Å². The second-order valence-electron chi connectivity index (χ2n) is 3.81. The molecule has 1 aromatic carbocycles. The molecule has 0 bridgehead atoms. The molecular formula is C16H18O4. The molecular weight excluding hydrogens is 256 g/mol. The molecule has 1 aromatic rings. The number of carbonyl (C=O) groups excluding carboxylic acids is 2. The molecule has 0 aliphatic heterocycles. The molecule has 0 aromatic heterocycles. The van der Waals surface area contributed by atoms with Crippen molar-refractivity contribution in [2.75, 3.05) is 13.2 Å². The zero-order valence-corrected chi connectivity index (χ0v) is 11.7. The number of rotatable bonds is 6. The molecule has 0 aliphatic carbocycles. The lowest BCUT2D eigenvalue weighted by molar-refractivity contribution is -0.137. The van der Waals surface area contributed by atoms with Gasteiger partial charge < -0.3 is 9.47 Å². The lowest BCUT2D eigenvalue weighted by Gasteiger charge is -2.01. The number of ether oxygens (including phenoxy) is 2. The maximum absolute atomic E-state index is 11.5. The summed E-state index contributed by atoms with van der Waals surface area (Å²) in [6, 6.07) is 7.02. The van der Waals surface area contributed by atoms with E-state index in [2.05, 4.69) is 0 Å². The van der Waals surface area contributed by atoms with Gasteiger partial charge in [-0.25, -0.2) is 9.59 Å². The molecule has 0 fully saturated rings. The van der Waals surface area contributed by atoms with Crippen molar-refractivity contribution < 1.29 is 19.1 Å². The maximum Gasteiger partial charge on any atom is 0.338 e. The van der Waals surface area contributed by atoms with E-state index in [-0.39, 0.29) is 11.9 Å². The van der Waals surface area contributed by atoms with E-state index in [1.54, 1.807) is 50.3 Å². The Morgan fingerprint density at radius 2 is 1.65 bits per heavy atom. The Hall–Kier alpha value is -2.36. The standard InChI is InChI=1S/C16H18O4/c1-3-19-15(17)8-6-5-7-13-9-11-14(12-10-13)16(18)20-4-2/h5-12H,3-4H2,1-2H3/b7-5+,8-6+. The average Bonchev–Trinajstić information content (AvgIpc) is 2.45. The second kappa shape index (κ2) is 8.69. The van der Waals surface area contributed by atoms with Crippen molar-refractivity contribution in [2.24, 2.45) is 0 Å². The Morgan fingerprint density at radius 3 is 2.25 bits per heavy atom. The fourth-order valence-corrected chi connectivity index (χ4v) is 1.44. The quantitative estimate of drug-likeness (QED) is 0.454. The van der Waals surface area contributed by atoms with Crippen LogP contribution in [-0.4, -0.2) is 25.2 Å². The second-order valence-corrected chi connectivity index (χ2v) is 3.81. The smallest absolute Gasteiger partial charge is 0.338 e. The lowest BCUT2D eigenvalue weighted by Crippen LogP contribution is -2.03. The van der Waals surface area contributed by atoms with Gasteiger partial charge in [0.2, 0.25) is 0 Å². The van der Waals surface area contributed by atoms with Gasteiger partial charge in [-0.2, -0.15) is 0 Å². The van der Waals surface area contributed by atoms with E-state index in [0.29, 0.717) is 18.8 Å². The first kappa shape index (κ1) is 15.7. The number of esters is 2. The molecule has 0 radical (unpaired) electrons. The first-order valence-corrected chi connectivity index (χ1v) is 6.46. The van der Waals surface area contributed by atoms with Crippen molar-refractivity contribution >= 4 is 18.0 Å². The molecule has 106 valence electrons. The predicted octanol–water partition coefficient (Wildman–Crippen LogP) is 3.00. The Balaban J connectivity index is 2.57. The van der Waals surface area contributed by atoms with Crippen molar-refractivity contribution in [3.63, 3.8) is 0 Å². The van der Waals surface area contributed by atoms with Crippen LogP contribution < -0.4 is 0 Å². The van der Waals surface area contributed by atoms with Crippen LogP contribution in [0.2, 0.25) is 0 Å². The molecule has 0 heterocycles. The number of hydrogen-bond acceptors (Lipinski definition) is 4. The van der Waals surface area contributed by atoms with E-state index in [1.165, 1.54) is 6.08 Å². The van der Waals surface area contributed by atoms with E-state index in [1.807, 2.05) is 6.08 Å². The minimum atomic E-state index is -0.366. The fourth-order valence-electron chi connectivity index (χ4n) is 1.44. The predicted molar refractivity (Wildman–Crippen MR) is 77.2 cm³/mol. The molecule has 0 aliphatic rings. The highest BCUT2D eigenvalue weighted by molar-refractivity contribution is 5.89. The summed E-state index contributed by atoms with van der Waals surface area (Å²) in [5.74, 6) is -0.694. The van der Waals surface area contributed by atoms with Crippen molar-refractivity contribution in [1.82, 2.24) is 0 Å². The third kappa shape index (κ3) is 5.52. The summed E-state index contributed by atoms with van der Waals surface area (Å²) in [6.45, 7) is 4.25. The summed E-state index contributed by atoms with van der Waals surface area (Å²) in [5.41, 5.74) is 1.44. The molecule has 0 spiro atoms. The van der Waals surface area contributed by atoms with E-state index in [4.69, 9.17) is 9.47 Å². The van der Waals surface area contributed by atoms with E-state index < -0.39 is 0 Å². The fraction of sp³-hybridized carbons (Fsp3) is 0.250. The molecule has 1 rings (SSSR count).